The van der Waals surface area contributed by atoms with E-state index in [1.165, 1.54) is 18.4 Å². The Labute approximate surface area is 91.1 Å². The summed E-state index contributed by atoms with van der Waals surface area (Å²) < 4.78 is 0. The lowest BCUT2D eigenvalue weighted by molar-refractivity contribution is 0.734. The molecular weight excluding hydrogens is 184 g/mol. The van der Waals surface area contributed by atoms with E-state index in [0.29, 0.717) is 6.04 Å². The molecule has 2 rings (SSSR count). The van der Waals surface area contributed by atoms with Crippen LogP contribution in [0.2, 0.25) is 0 Å². The summed E-state index contributed by atoms with van der Waals surface area (Å²) in [6, 6.07) is 8.90. The SMILES string of the molecule is Cc1ccc(C#N)c(N2CCCC2C)c1. The molecule has 1 saturated heterocycles. The van der Waals surface area contributed by atoms with Gasteiger partial charge in [0, 0.05) is 12.6 Å². The van der Waals surface area contributed by atoms with E-state index in [0.717, 1.165) is 17.8 Å². The number of hydrogen-bond donors (Lipinski definition) is 0. The standard InChI is InChI=1S/C13H16N2/c1-10-5-6-12(9-14)13(8-10)15-7-3-4-11(15)2/h5-6,8,11H,3-4,7H2,1-2H3. The monoisotopic (exact) mass is 200 g/mol. The molecule has 1 aliphatic rings. The third kappa shape index (κ3) is 1.83. The summed E-state index contributed by atoms with van der Waals surface area (Å²) in [6.07, 6.45) is 2.47. The molecule has 0 amide bonds. The van der Waals surface area contributed by atoms with Crippen molar-refractivity contribution in [3.8, 4) is 6.07 Å². The maximum absolute atomic E-state index is 9.08. The van der Waals surface area contributed by atoms with Gasteiger partial charge in [0.05, 0.1) is 11.3 Å². The number of benzene rings is 1. The average molecular weight is 200 g/mol. The van der Waals surface area contributed by atoms with Gasteiger partial charge in [-0.3, -0.25) is 0 Å². The van der Waals surface area contributed by atoms with Crippen LogP contribution < -0.4 is 4.90 Å². The molecular formula is C13H16N2. The van der Waals surface area contributed by atoms with E-state index in [1.54, 1.807) is 0 Å². The second-order valence-electron chi connectivity index (χ2n) is 4.32. The maximum Gasteiger partial charge on any atom is 0.101 e. The second-order valence-corrected chi connectivity index (χ2v) is 4.32. The first-order valence-electron chi connectivity index (χ1n) is 5.50. The fourth-order valence-corrected chi connectivity index (χ4v) is 2.26. The zero-order valence-corrected chi connectivity index (χ0v) is 9.33. The molecule has 15 heavy (non-hydrogen) atoms. The lowest BCUT2D eigenvalue weighted by atomic mass is 10.1. The van der Waals surface area contributed by atoms with Crippen LogP contribution in [-0.2, 0) is 0 Å². The van der Waals surface area contributed by atoms with Gasteiger partial charge in [0.1, 0.15) is 6.07 Å². The molecule has 0 spiro atoms. The molecule has 1 heterocycles. The Balaban J connectivity index is 2.42. The third-order valence-corrected chi connectivity index (χ3v) is 3.14. The van der Waals surface area contributed by atoms with E-state index >= 15 is 0 Å². The molecule has 1 aromatic carbocycles. The Kier molecular flexibility index (Phi) is 2.64. The summed E-state index contributed by atoms with van der Waals surface area (Å²) in [6.45, 7) is 5.39. The number of nitriles is 1. The highest BCUT2D eigenvalue weighted by molar-refractivity contribution is 5.61. The zero-order chi connectivity index (χ0) is 10.8. The predicted octanol–water partition coefficient (Wildman–Crippen LogP) is 2.86. The van der Waals surface area contributed by atoms with E-state index in [2.05, 4.69) is 30.9 Å². The normalized spacial score (nSPS) is 20.3. The van der Waals surface area contributed by atoms with Crippen molar-refractivity contribution in [2.75, 3.05) is 11.4 Å². The quantitative estimate of drug-likeness (QED) is 0.697. The Morgan fingerprint density at radius 1 is 1.47 bits per heavy atom. The van der Waals surface area contributed by atoms with Gasteiger partial charge in [-0.2, -0.15) is 5.26 Å². The molecule has 0 bridgehead atoms. The van der Waals surface area contributed by atoms with Crippen LogP contribution in [0, 0.1) is 18.3 Å². The molecule has 1 aliphatic heterocycles. The van der Waals surface area contributed by atoms with E-state index < -0.39 is 0 Å². The first-order valence-corrected chi connectivity index (χ1v) is 5.50. The van der Waals surface area contributed by atoms with Gasteiger partial charge in [-0.05, 0) is 44.4 Å². The Hall–Kier alpha value is -1.49. The Bertz CT molecular complexity index is 403. The highest BCUT2D eigenvalue weighted by atomic mass is 15.2. The van der Waals surface area contributed by atoms with E-state index in [-0.39, 0.29) is 0 Å². The van der Waals surface area contributed by atoms with Crippen LogP contribution in [0.25, 0.3) is 0 Å². The zero-order valence-electron chi connectivity index (χ0n) is 9.33. The summed E-state index contributed by atoms with van der Waals surface area (Å²) >= 11 is 0. The molecule has 0 radical (unpaired) electrons. The van der Waals surface area contributed by atoms with Crippen LogP contribution in [0.1, 0.15) is 30.9 Å². The number of rotatable bonds is 1. The highest BCUT2D eigenvalue weighted by Crippen LogP contribution is 2.28. The van der Waals surface area contributed by atoms with Gasteiger partial charge in [-0.1, -0.05) is 6.07 Å². The third-order valence-electron chi connectivity index (χ3n) is 3.14. The number of hydrogen-bond acceptors (Lipinski definition) is 2. The van der Waals surface area contributed by atoms with Gasteiger partial charge >= 0.3 is 0 Å². The van der Waals surface area contributed by atoms with Crippen molar-refractivity contribution in [1.82, 2.24) is 0 Å². The molecule has 2 heteroatoms. The summed E-state index contributed by atoms with van der Waals surface area (Å²) in [4.78, 5) is 2.35. The maximum atomic E-state index is 9.08. The lowest BCUT2D eigenvalue weighted by Crippen LogP contribution is -2.27. The van der Waals surface area contributed by atoms with E-state index in [1.807, 2.05) is 12.1 Å². The first-order chi connectivity index (χ1) is 7.22. The predicted molar refractivity (Wildman–Crippen MR) is 61.9 cm³/mol. The van der Waals surface area contributed by atoms with Crippen LogP contribution in [0.5, 0.6) is 0 Å². The summed E-state index contributed by atoms with van der Waals surface area (Å²) in [7, 11) is 0. The van der Waals surface area contributed by atoms with Crippen molar-refractivity contribution in [3.05, 3.63) is 29.3 Å². The minimum atomic E-state index is 0.568. The number of anilines is 1. The number of nitrogens with zero attached hydrogens (tertiary/aromatic N) is 2. The van der Waals surface area contributed by atoms with Gasteiger partial charge in [-0.25, -0.2) is 0 Å². The van der Waals surface area contributed by atoms with Crippen LogP contribution in [-0.4, -0.2) is 12.6 Å². The second kappa shape index (κ2) is 3.94. The summed E-state index contributed by atoms with van der Waals surface area (Å²) in [5.41, 5.74) is 3.14. The summed E-state index contributed by atoms with van der Waals surface area (Å²) in [5.74, 6) is 0. The van der Waals surface area contributed by atoms with Crippen LogP contribution in [0.15, 0.2) is 18.2 Å². The first kappa shape index (κ1) is 10.0. The van der Waals surface area contributed by atoms with Crippen LogP contribution in [0.4, 0.5) is 5.69 Å². The molecule has 0 N–H and O–H groups in total. The molecule has 0 aliphatic carbocycles. The Morgan fingerprint density at radius 2 is 2.27 bits per heavy atom. The number of aryl methyl sites for hydroxylation is 1. The summed E-state index contributed by atoms with van der Waals surface area (Å²) in [5, 5.41) is 9.08. The van der Waals surface area contributed by atoms with Gasteiger partial charge < -0.3 is 4.90 Å². The van der Waals surface area contributed by atoms with Gasteiger partial charge in [0.15, 0.2) is 0 Å². The molecule has 1 unspecified atom stereocenters. The van der Waals surface area contributed by atoms with Crippen molar-refractivity contribution in [3.63, 3.8) is 0 Å². The van der Waals surface area contributed by atoms with Crippen molar-refractivity contribution < 1.29 is 0 Å². The van der Waals surface area contributed by atoms with Crippen LogP contribution in [0.3, 0.4) is 0 Å². The largest absolute Gasteiger partial charge is 0.368 e. The molecule has 78 valence electrons. The minimum absolute atomic E-state index is 0.568. The van der Waals surface area contributed by atoms with Gasteiger partial charge in [-0.15, -0.1) is 0 Å². The van der Waals surface area contributed by atoms with E-state index in [9.17, 15) is 0 Å². The molecule has 0 aromatic heterocycles. The molecule has 0 saturated carbocycles. The van der Waals surface area contributed by atoms with Crippen molar-refractivity contribution in [2.24, 2.45) is 0 Å². The van der Waals surface area contributed by atoms with E-state index in [4.69, 9.17) is 5.26 Å². The fraction of sp³-hybridized carbons (Fsp3) is 0.462. The van der Waals surface area contributed by atoms with Gasteiger partial charge in [0.2, 0.25) is 0 Å². The van der Waals surface area contributed by atoms with Crippen molar-refractivity contribution in [2.45, 2.75) is 32.7 Å². The molecule has 1 fully saturated rings. The molecule has 1 aromatic rings. The Morgan fingerprint density at radius 3 is 2.87 bits per heavy atom. The molecule has 1 atom stereocenters. The minimum Gasteiger partial charge on any atom is -0.368 e. The smallest absolute Gasteiger partial charge is 0.101 e. The van der Waals surface area contributed by atoms with Crippen molar-refractivity contribution >= 4 is 5.69 Å². The van der Waals surface area contributed by atoms with Crippen LogP contribution >= 0.6 is 0 Å². The molecule has 2 nitrogen and oxygen atoms in total. The van der Waals surface area contributed by atoms with Gasteiger partial charge in [0.25, 0.3) is 0 Å². The average Bonchev–Trinajstić information content (AvgIpc) is 2.64. The lowest BCUT2D eigenvalue weighted by Gasteiger charge is -2.25. The topological polar surface area (TPSA) is 27.0 Å². The highest BCUT2D eigenvalue weighted by Gasteiger charge is 2.22. The van der Waals surface area contributed by atoms with Crippen molar-refractivity contribution in [1.29, 1.82) is 5.26 Å². The fourth-order valence-electron chi connectivity index (χ4n) is 2.26.